The third kappa shape index (κ3) is 8.57. The van der Waals surface area contributed by atoms with Crippen LogP contribution < -0.4 is 5.32 Å². The summed E-state index contributed by atoms with van der Waals surface area (Å²) in [5.41, 5.74) is 11.5. The number of rotatable bonds is 2. The summed E-state index contributed by atoms with van der Waals surface area (Å²) in [5, 5.41) is 14.1. The lowest BCUT2D eigenvalue weighted by atomic mass is 9.55. The monoisotopic (exact) mass is 1000 g/mol. The standard InChI is InChI=1S/C36H49NO3.C27H41NO2.C2H6.CH4/c1-22-13-15-35(5)27(17-22)11-12-29-28-14-16-36(24(3)30(28)19-31(29)35)25(4)33-32(40-36)18-23(2)20-37(33)34(38)39-21-26-9-7-6-8-10-26;1-15-11-24-25(28-14-15)17(3)27(30-24)10-8-20-21-6-5-18-12-19(29)7-9-26(18,4)23(21)13-22(20)16(27)2;1-2;/h6-11,22-23,25,28-29,31-33H,12-21H2,1-5H3;5,15,17,19-21,23-25,28-29H,6-14H2,1-4H3;1-2H3;1H4/t22-,23-,25+,28-,29-,31-,32+,33-,35-,36-;15-,17+,19-,20-,21-,23-,24+,25-,26-,27-;;/m00../s1. The van der Waals surface area contributed by atoms with E-state index < -0.39 is 0 Å². The minimum atomic E-state index is -0.241. The summed E-state index contributed by atoms with van der Waals surface area (Å²) in [7, 11) is 0. The number of allylic oxidation sites excluding steroid dienone is 5. The fourth-order valence-corrected chi connectivity index (χ4v) is 19.6. The molecule has 1 aromatic rings. The fourth-order valence-electron chi connectivity index (χ4n) is 19.6. The van der Waals surface area contributed by atoms with E-state index in [0.29, 0.717) is 47.3 Å². The van der Waals surface area contributed by atoms with Crippen molar-refractivity contribution in [1.29, 1.82) is 0 Å². The van der Waals surface area contributed by atoms with Gasteiger partial charge in [0.05, 0.1) is 35.6 Å². The third-order valence-electron chi connectivity index (χ3n) is 23.6. The number of benzene rings is 1. The Bertz CT molecular complexity index is 2330. The molecule has 0 unspecified atom stereocenters. The predicted octanol–water partition coefficient (Wildman–Crippen LogP) is 15.0. The van der Waals surface area contributed by atoms with Gasteiger partial charge in [0.25, 0.3) is 0 Å². The zero-order chi connectivity index (χ0) is 50.6. The first-order valence-corrected chi connectivity index (χ1v) is 30.1. The number of aliphatic hydroxyl groups is 1. The predicted molar refractivity (Wildman–Crippen MR) is 297 cm³/mol. The Labute approximate surface area is 443 Å². The van der Waals surface area contributed by atoms with Crippen LogP contribution >= 0.6 is 0 Å². The van der Waals surface area contributed by atoms with E-state index >= 15 is 0 Å². The summed E-state index contributed by atoms with van der Waals surface area (Å²) in [5.74, 6) is 7.46. The summed E-state index contributed by atoms with van der Waals surface area (Å²) >= 11 is 0. The van der Waals surface area contributed by atoms with Crippen molar-refractivity contribution in [3.8, 4) is 0 Å². The first-order chi connectivity index (χ1) is 34.5. The molecule has 4 heterocycles. The molecule has 8 aliphatic carbocycles. The first-order valence-electron chi connectivity index (χ1n) is 30.1. The maximum atomic E-state index is 13.5. The maximum Gasteiger partial charge on any atom is 0.410 e. The topological polar surface area (TPSA) is 80.3 Å². The van der Waals surface area contributed by atoms with Crippen LogP contribution in [-0.4, -0.2) is 70.8 Å². The van der Waals surface area contributed by atoms with Gasteiger partial charge < -0.3 is 29.5 Å². The summed E-state index contributed by atoms with van der Waals surface area (Å²) in [6, 6.07) is 10.6. The lowest BCUT2D eigenvalue weighted by Crippen LogP contribution is -2.54. The number of hydrogen-bond donors (Lipinski definition) is 2. The van der Waals surface area contributed by atoms with Gasteiger partial charge in [-0.3, -0.25) is 0 Å². The Morgan fingerprint density at radius 2 is 1.27 bits per heavy atom. The molecule has 0 bridgehead atoms. The van der Waals surface area contributed by atoms with Gasteiger partial charge in [-0.25, -0.2) is 4.79 Å². The smallest absolute Gasteiger partial charge is 0.410 e. The van der Waals surface area contributed by atoms with E-state index in [1.165, 1.54) is 82.6 Å². The summed E-state index contributed by atoms with van der Waals surface area (Å²) in [6.07, 6.45) is 24.7. The first kappa shape index (κ1) is 53.7. The van der Waals surface area contributed by atoms with Crippen LogP contribution in [-0.2, 0) is 20.8 Å². The second kappa shape index (κ2) is 20.3. The summed E-state index contributed by atoms with van der Waals surface area (Å²) in [6.45, 7) is 28.1. The molecule has 8 fully saturated rings. The fraction of sp³-hybridized carbons (Fsp3) is 0.773. The van der Waals surface area contributed by atoms with Crippen molar-refractivity contribution >= 4 is 6.09 Å². The van der Waals surface area contributed by atoms with Gasteiger partial charge in [-0.2, -0.15) is 0 Å². The molecule has 404 valence electrons. The van der Waals surface area contributed by atoms with E-state index in [1.807, 2.05) is 49.1 Å². The van der Waals surface area contributed by atoms with E-state index in [2.05, 4.69) is 79.8 Å². The van der Waals surface area contributed by atoms with Gasteiger partial charge in [-0.15, -0.1) is 0 Å². The van der Waals surface area contributed by atoms with E-state index in [4.69, 9.17) is 14.2 Å². The normalized spacial score (nSPS) is 46.8. The van der Waals surface area contributed by atoms with Gasteiger partial charge in [0.2, 0.25) is 0 Å². The number of nitrogens with zero attached hydrogens (tertiary/aromatic N) is 1. The Morgan fingerprint density at radius 1 is 0.712 bits per heavy atom. The Morgan fingerprint density at radius 3 is 1.90 bits per heavy atom. The van der Waals surface area contributed by atoms with Gasteiger partial charge >= 0.3 is 6.09 Å². The minimum absolute atomic E-state index is 0. The van der Waals surface area contributed by atoms with E-state index in [-0.39, 0.29) is 48.9 Å². The van der Waals surface area contributed by atoms with E-state index in [9.17, 15) is 9.90 Å². The lowest BCUT2D eigenvalue weighted by molar-refractivity contribution is -0.0638. The number of hydrogen-bond acceptors (Lipinski definition) is 6. The molecule has 1 aromatic carbocycles. The maximum absolute atomic E-state index is 13.5. The van der Waals surface area contributed by atoms with Crippen LogP contribution in [0.5, 0.6) is 0 Å². The van der Waals surface area contributed by atoms with Crippen molar-refractivity contribution in [2.75, 3.05) is 13.1 Å². The van der Waals surface area contributed by atoms with Crippen molar-refractivity contribution < 1.29 is 24.1 Å². The lowest BCUT2D eigenvalue weighted by Gasteiger charge is -2.49. The number of carbonyl (C=O) groups excluding carboxylic acids is 1. The Hall–Kier alpha value is -2.71. The highest BCUT2D eigenvalue weighted by Gasteiger charge is 2.64. The van der Waals surface area contributed by atoms with Crippen LogP contribution in [0, 0.1) is 75.9 Å². The van der Waals surface area contributed by atoms with E-state index in [0.717, 1.165) is 85.8 Å². The molecule has 7 nitrogen and oxygen atoms in total. The van der Waals surface area contributed by atoms with Crippen molar-refractivity contribution in [2.45, 2.75) is 235 Å². The van der Waals surface area contributed by atoms with Crippen LogP contribution in [0.15, 0.2) is 75.9 Å². The van der Waals surface area contributed by atoms with Crippen LogP contribution in [0.2, 0.25) is 0 Å². The second-order valence-electron chi connectivity index (χ2n) is 27.0. The number of likely N-dealkylation sites (tertiary alicyclic amines) is 1. The molecule has 0 radical (unpaired) electrons. The van der Waals surface area contributed by atoms with Gasteiger partial charge in [0.1, 0.15) is 6.61 Å². The van der Waals surface area contributed by atoms with Crippen LogP contribution in [0.4, 0.5) is 4.79 Å². The molecule has 13 rings (SSSR count). The number of nitrogens with one attached hydrogen (secondary N) is 1. The van der Waals surface area contributed by atoms with Gasteiger partial charge in [0.15, 0.2) is 0 Å². The molecule has 12 aliphatic rings. The highest BCUT2D eigenvalue weighted by molar-refractivity contribution is 5.68. The number of carbonyl (C=O) groups is 1. The SMILES string of the molecule is C.CC.CC1=C2C[C@H]3[C@@H](CC=C4C[C@@H](C)CC[C@@]43C)[C@@H]2CC[C@]12O[C@@H]1C[C@H](C)CN(C(=O)OCc3ccccc3)[C@H]1[C@H]2C.CC1=C2C[C@H]3[C@@H](CC=C4C[C@@H](O)CC[C@@]43C)[C@@H]2CC[C@]12O[C@@H]1C[C@H](C)CN[C@H]1[C@H]2C. The second-order valence-corrected chi connectivity index (χ2v) is 27.0. The molecular weight excluding hydrogens is 901 g/mol. The number of fused-ring (bicyclic) bond motifs is 12. The zero-order valence-corrected chi connectivity index (χ0v) is 46.7. The molecule has 4 saturated heterocycles. The van der Waals surface area contributed by atoms with Crippen LogP contribution in [0.1, 0.15) is 192 Å². The average molecular weight is 1000 g/mol. The van der Waals surface area contributed by atoms with Crippen molar-refractivity contribution in [2.24, 2.45) is 75.9 Å². The minimum Gasteiger partial charge on any atom is -0.445 e. The van der Waals surface area contributed by atoms with Crippen molar-refractivity contribution in [1.82, 2.24) is 10.2 Å². The van der Waals surface area contributed by atoms with Crippen molar-refractivity contribution in [3.05, 3.63) is 81.5 Å². The number of aliphatic hydroxyl groups excluding tert-OH is 1. The van der Waals surface area contributed by atoms with Crippen LogP contribution in [0.25, 0.3) is 0 Å². The summed E-state index contributed by atoms with van der Waals surface area (Å²) in [4.78, 5) is 15.6. The average Bonchev–Trinajstić information content (AvgIpc) is 4.11. The van der Waals surface area contributed by atoms with Gasteiger partial charge in [0, 0.05) is 24.4 Å². The molecule has 20 atom stereocenters. The highest BCUT2D eigenvalue weighted by atomic mass is 16.6. The molecule has 4 saturated carbocycles. The number of amides is 1. The number of ether oxygens (including phenoxy) is 3. The van der Waals surface area contributed by atoms with Gasteiger partial charge in [-0.05, 0) is 204 Å². The molecule has 4 aliphatic heterocycles. The Balaban J connectivity index is 0.000000166. The molecule has 1 amide bonds. The van der Waals surface area contributed by atoms with E-state index in [1.54, 1.807) is 27.9 Å². The third-order valence-corrected chi connectivity index (χ3v) is 23.6. The Kier molecular flexibility index (Phi) is 14.9. The van der Waals surface area contributed by atoms with Gasteiger partial charge in [-0.1, -0.05) is 135 Å². The van der Waals surface area contributed by atoms with Crippen LogP contribution in [0.3, 0.4) is 0 Å². The highest BCUT2D eigenvalue weighted by Crippen LogP contribution is 2.67. The van der Waals surface area contributed by atoms with Crippen molar-refractivity contribution in [3.63, 3.8) is 0 Å². The molecule has 73 heavy (non-hydrogen) atoms. The largest absolute Gasteiger partial charge is 0.445 e. The molecule has 7 heteroatoms. The molecule has 2 N–H and O–H groups in total. The molecular formula is C66H100N2O5. The molecule has 2 spiro atoms. The zero-order valence-electron chi connectivity index (χ0n) is 46.7. The quantitative estimate of drug-likeness (QED) is 0.287. The molecule has 0 aromatic heterocycles. The summed E-state index contributed by atoms with van der Waals surface area (Å²) < 4.78 is 20.1. The number of piperidine rings is 2.